The number of nitrogens with zero attached hydrogens (tertiary/aromatic N) is 8. The maximum atomic E-state index is 13.2. The molecule has 214 valence electrons. The van der Waals surface area contributed by atoms with Gasteiger partial charge in [-0.15, -0.1) is 0 Å². The van der Waals surface area contributed by atoms with Gasteiger partial charge in [-0.1, -0.05) is 0 Å². The SMILES string of the molecule is N#CC[C@]1(n2cc(-c3ncnc4[nH]ccc34)cn2)C[C@@H](N2CCC(Oc3cc(CCO)nc(C(F)(F)F)n3)CC2)C1. The van der Waals surface area contributed by atoms with E-state index in [1.165, 1.54) is 12.4 Å². The molecule has 5 heterocycles. The van der Waals surface area contributed by atoms with Crippen molar-refractivity contribution in [2.75, 3.05) is 19.7 Å². The number of piperidine rings is 1. The summed E-state index contributed by atoms with van der Waals surface area (Å²) in [6.45, 7) is 1.11. The van der Waals surface area contributed by atoms with Gasteiger partial charge in [0.15, 0.2) is 0 Å². The van der Waals surface area contributed by atoms with Crippen LogP contribution >= 0.6 is 0 Å². The van der Waals surface area contributed by atoms with E-state index in [1.807, 2.05) is 23.1 Å². The zero-order valence-corrected chi connectivity index (χ0v) is 22.0. The lowest BCUT2D eigenvalue weighted by Crippen LogP contribution is -2.58. The molecule has 0 spiro atoms. The highest BCUT2D eigenvalue weighted by Gasteiger charge is 2.49. The van der Waals surface area contributed by atoms with Crippen molar-refractivity contribution in [2.45, 2.75) is 62.4 Å². The Morgan fingerprint density at radius 1 is 1.20 bits per heavy atom. The smallest absolute Gasteiger partial charge is 0.451 e. The van der Waals surface area contributed by atoms with Gasteiger partial charge in [0.25, 0.3) is 0 Å². The number of ether oxygens (including phenoxy) is 1. The van der Waals surface area contributed by atoms with Crippen LogP contribution in [0.3, 0.4) is 0 Å². The minimum atomic E-state index is -4.70. The van der Waals surface area contributed by atoms with Gasteiger partial charge in [0, 0.05) is 61.6 Å². The van der Waals surface area contributed by atoms with Crippen LogP contribution in [0.4, 0.5) is 13.2 Å². The van der Waals surface area contributed by atoms with Crippen LogP contribution in [0.2, 0.25) is 0 Å². The van der Waals surface area contributed by atoms with Gasteiger partial charge in [-0.3, -0.25) is 9.58 Å². The van der Waals surface area contributed by atoms with Gasteiger partial charge in [0.2, 0.25) is 11.7 Å². The van der Waals surface area contributed by atoms with E-state index in [1.54, 1.807) is 6.20 Å². The van der Waals surface area contributed by atoms with Gasteiger partial charge in [-0.2, -0.15) is 28.5 Å². The van der Waals surface area contributed by atoms with Crippen LogP contribution in [0, 0.1) is 11.3 Å². The summed E-state index contributed by atoms with van der Waals surface area (Å²) in [6.07, 6.45) is 5.18. The highest BCUT2D eigenvalue weighted by Crippen LogP contribution is 2.45. The summed E-state index contributed by atoms with van der Waals surface area (Å²) in [6, 6.07) is 5.88. The number of nitrogens with one attached hydrogen (secondary N) is 1. The van der Waals surface area contributed by atoms with E-state index in [2.05, 4.69) is 41.0 Å². The Morgan fingerprint density at radius 3 is 2.73 bits per heavy atom. The molecule has 0 amide bonds. The van der Waals surface area contributed by atoms with Crippen molar-refractivity contribution in [3.05, 3.63) is 48.6 Å². The van der Waals surface area contributed by atoms with Crippen LogP contribution in [-0.2, 0) is 18.1 Å². The molecule has 0 aromatic carbocycles. The number of aromatic amines is 1. The molecule has 2 fully saturated rings. The molecule has 6 rings (SSSR count). The maximum absolute atomic E-state index is 13.2. The van der Waals surface area contributed by atoms with Gasteiger partial charge in [-0.25, -0.2) is 15.0 Å². The van der Waals surface area contributed by atoms with E-state index < -0.39 is 17.5 Å². The van der Waals surface area contributed by atoms with Crippen molar-refractivity contribution in [1.29, 1.82) is 5.26 Å². The number of aliphatic hydroxyl groups excluding tert-OH is 1. The first-order valence-corrected chi connectivity index (χ1v) is 13.5. The predicted octanol–water partition coefficient (Wildman–Crippen LogP) is 3.48. The number of nitriles is 1. The molecular weight excluding hydrogens is 539 g/mol. The second-order valence-electron chi connectivity index (χ2n) is 10.6. The van der Waals surface area contributed by atoms with E-state index in [0.29, 0.717) is 19.3 Å². The Kier molecular flexibility index (Phi) is 7.08. The van der Waals surface area contributed by atoms with E-state index in [-0.39, 0.29) is 36.7 Å². The molecule has 1 aliphatic carbocycles. The summed E-state index contributed by atoms with van der Waals surface area (Å²) in [4.78, 5) is 21.2. The average Bonchev–Trinajstić information content (AvgIpc) is 3.61. The number of aliphatic hydroxyl groups is 1. The Morgan fingerprint density at radius 2 is 2.00 bits per heavy atom. The molecule has 4 aromatic rings. The van der Waals surface area contributed by atoms with Crippen LogP contribution in [0.5, 0.6) is 5.88 Å². The minimum absolute atomic E-state index is 0.0141. The first-order valence-electron chi connectivity index (χ1n) is 13.5. The topological polar surface area (TPSA) is 142 Å². The third-order valence-corrected chi connectivity index (χ3v) is 7.99. The van der Waals surface area contributed by atoms with Crippen LogP contribution in [0.25, 0.3) is 22.3 Å². The Balaban J connectivity index is 1.09. The zero-order chi connectivity index (χ0) is 28.6. The molecule has 0 bridgehead atoms. The van der Waals surface area contributed by atoms with E-state index in [9.17, 15) is 18.4 Å². The van der Waals surface area contributed by atoms with Crippen LogP contribution in [-0.4, -0.2) is 76.5 Å². The summed E-state index contributed by atoms with van der Waals surface area (Å²) in [7, 11) is 0. The molecule has 0 radical (unpaired) electrons. The molecule has 41 heavy (non-hydrogen) atoms. The van der Waals surface area contributed by atoms with Crippen LogP contribution in [0.1, 0.15) is 43.6 Å². The second kappa shape index (κ2) is 10.7. The largest absolute Gasteiger partial charge is 0.474 e. The fraction of sp³-hybridized carbons (Fsp3) is 0.481. The Bertz CT molecular complexity index is 1560. The number of likely N-dealkylation sites (tertiary alicyclic amines) is 1. The van der Waals surface area contributed by atoms with Gasteiger partial charge >= 0.3 is 6.18 Å². The highest BCUT2D eigenvalue weighted by atomic mass is 19.4. The monoisotopic (exact) mass is 567 g/mol. The van der Waals surface area contributed by atoms with E-state index in [0.717, 1.165) is 48.2 Å². The molecule has 11 nitrogen and oxygen atoms in total. The summed E-state index contributed by atoms with van der Waals surface area (Å²) in [5.41, 5.74) is 2.06. The van der Waals surface area contributed by atoms with Crippen molar-refractivity contribution in [1.82, 2.24) is 39.6 Å². The average molecular weight is 568 g/mol. The molecule has 14 heteroatoms. The predicted molar refractivity (Wildman–Crippen MR) is 139 cm³/mol. The lowest BCUT2D eigenvalue weighted by atomic mass is 9.69. The lowest BCUT2D eigenvalue weighted by Gasteiger charge is -2.52. The van der Waals surface area contributed by atoms with Crippen molar-refractivity contribution in [3.8, 4) is 23.2 Å². The molecule has 0 unspecified atom stereocenters. The van der Waals surface area contributed by atoms with Crippen molar-refractivity contribution < 1.29 is 23.0 Å². The number of rotatable bonds is 8. The first kappa shape index (κ1) is 27.1. The number of aromatic nitrogens is 7. The number of fused-ring (bicyclic) bond motifs is 1. The van der Waals surface area contributed by atoms with Crippen molar-refractivity contribution in [2.24, 2.45) is 0 Å². The minimum Gasteiger partial charge on any atom is -0.474 e. The lowest BCUT2D eigenvalue weighted by molar-refractivity contribution is -0.145. The Labute approximate surface area is 233 Å². The second-order valence-corrected chi connectivity index (χ2v) is 10.6. The van der Waals surface area contributed by atoms with Gasteiger partial charge in [0.1, 0.15) is 18.1 Å². The molecule has 2 N–H and O–H groups in total. The maximum Gasteiger partial charge on any atom is 0.451 e. The normalized spacial score (nSPS) is 22.0. The van der Waals surface area contributed by atoms with Crippen molar-refractivity contribution in [3.63, 3.8) is 0 Å². The first-order chi connectivity index (χ1) is 19.8. The molecule has 2 aliphatic rings. The quantitative estimate of drug-likeness (QED) is 0.327. The third-order valence-electron chi connectivity index (χ3n) is 7.99. The highest BCUT2D eigenvalue weighted by molar-refractivity contribution is 5.89. The number of hydrogen-bond donors (Lipinski definition) is 2. The number of H-pyrrole nitrogens is 1. The molecule has 1 saturated carbocycles. The standard InChI is InChI=1S/C27H28F3N9O2/c28-27(29,30)25-36-18(4-10-40)11-22(37-25)41-20-2-8-38(9-3-20)19-12-26(13-19,5-6-31)39-15-17(14-35-39)23-21-1-7-32-24(21)34-16-33-23/h1,7,11,14-16,19-20,40H,2-5,8-10,12-13H2,(H,32,33,34)/t19-,26+. The Hall–Kier alpha value is -4.09. The summed E-state index contributed by atoms with van der Waals surface area (Å²) in [5.74, 6) is -1.39. The van der Waals surface area contributed by atoms with Crippen LogP contribution in [0.15, 0.2) is 37.1 Å². The van der Waals surface area contributed by atoms with Crippen molar-refractivity contribution >= 4 is 11.0 Å². The molecule has 1 aliphatic heterocycles. The number of halogens is 3. The zero-order valence-electron chi connectivity index (χ0n) is 22.0. The molecule has 4 aromatic heterocycles. The van der Waals surface area contributed by atoms with E-state index >= 15 is 0 Å². The summed E-state index contributed by atoms with van der Waals surface area (Å²) >= 11 is 0. The fourth-order valence-electron chi connectivity index (χ4n) is 5.87. The van der Waals surface area contributed by atoms with Gasteiger partial charge in [0.05, 0.1) is 35.6 Å². The number of hydrogen-bond acceptors (Lipinski definition) is 9. The summed E-state index contributed by atoms with van der Waals surface area (Å²) < 4.78 is 47.5. The molecule has 1 saturated heterocycles. The molecule has 0 atom stereocenters. The van der Waals surface area contributed by atoms with Gasteiger partial charge < -0.3 is 14.8 Å². The van der Waals surface area contributed by atoms with E-state index in [4.69, 9.17) is 9.84 Å². The summed E-state index contributed by atoms with van der Waals surface area (Å²) in [5, 5.41) is 24.3. The van der Waals surface area contributed by atoms with Crippen LogP contribution < -0.4 is 4.74 Å². The molecular formula is C27H28F3N9O2. The fourth-order valence-corrected chi connectivity index (χ4v) is 5.87. The number of alkyl halides is 3. The van der Waals surface area contributed by atoms with Gasteiger partial charge in [-0.05, 0) is 31.7 Å². The third kappa shape index (κ3) is 5.34.